The molecule has 5 aromatic rings. The van der Waals surface area contributed by atoms with Crippen molar-refractivity contribution in [3.63, 3.8) is 0 Å². The van der Waals surface area contributed by atoms with Crippen molar-refractivity contribution in [2.75, 3.05) is 5.73 Å². The molecule has 0 saturated carbocycles. The van der Waals surface area contributed by atoms with Crippen LogP contribution in [0.25, 0.3) is 39.0 Å². The van der Waals surface area contributed by atoms with E-state index in [1.54, 1.807) is 30.6 Å². The van der Waals surface area contributed by atoms with Crippen LogP contribution in [0.5, 0.6) is 0 Å². The summed E-state index contributed by atoms with van der Waals surface area (Å²) in [5.74, 6) is 0.276. The lowest BCUT2D eigenvalue weighted by atomic mass is 9.97. The Labute approximate surface area is 252 Å². The monoisotopic (exact) mass is 569 g/mol. The maximum atomic E-state index is 13.5. The quantitative estimate of drug-likeness (QED) is 0.122. The van der Waals surface area contributed by atoms with Gasteiger partial charge in [-0.25, -0.2) is 9.37 Å². The summed E-state index contributed by atoms with van der Waals surface area (Å²) in [6.45, 7) is 18.4. The Bertz CT molecular complexity index is 1830. The highest BCUT2D eigenvalue weighted by Crippen LogP contribution is 2.32. The van der Waals surface area contributed by atoms with Crippen LogP contribution < -0.4 is 11.1 Å². The second-order valence-corrected chi connectivity index (χ2v) is 9.47. The Balaban J connectivity index is 0.00000207. The lowest BCUT2D eigenvalue weighted by molar-refractivity contribution is 0.628. The fraction of sp³-hybridized carbons (Fsp3) is 0.0811. The van der Waals surface area contributed by atoms with Crippen molar-refractivity contribution < 1.29 is 4.39 Å². The van der Waals surface area contributed by atoms with E-state index in [2.05, 4.69) is 35.0 Å². The molecule has 0 aliphatic heterocycles. The van der Waals surface area contributed by atoms with Crippen molar-refractivity contribution in [1.82, 2.24) is 20.3 Å². The standard InChI is InChI=1S/C35H30FN5.C2H6/c1-5-24(18-29(6-2)39-23(4)25-10-8-7-9-11-25)27-14-17-32(37)30(19-27)22(3)35-40-33-21-38-20-31(34(33)41-35)26-12-15-28(36)16-13-26;1-2/h5-21,39H,2-4,37H2,1H3,(H,40,41);1-2H3/b24-5+,29-18+;. The maximum Gasteiger partial charge on any atom is 0.138 e. The van der Waals surface area contributed by atoms with E-state index in [1.807, 2.05) is 81.5 Å². The van der Waals surface area contributed by atoms with E-state index in [-0.39, 0.29) is 5.82 Å². The number of nitrogens with zero attached hydrogens (tertiary/aromatic N) is 2. The summed E-state index contributed by atoms with van der Waals surface area (Å²) in [6.07, 6.45) is 9.23. The molecule has 5 rings (SSSR count). The number of halogens is 1. The number of hydrogen-bond acceptors (Lipinski definition) is 4. The molecule has 3 aromatic carbocycles. The van der Waals surface area contributed by atoms with Crippen molar-refractivity contribution in [2.24, 2.45) is 0 Å². The minimum Gasteiger partial charge on any atom is -0.398 e. The van der Waals surface area contributed by atoms with Gasteiger partial charge in [-0.15, -0.1) is 0 Å². The number of fused-ring (bicyclic) bond motifs is 1. The zero-order chi connectivity index (χ0) is 30.9. The van der Waals surface area contributed by atoms with Gasteiger partial charge < -0.3 is 16.0 Å². The second-order valence-electron chi connectivity index (χ2n) is 9.47. The van der Waals surface area contributed by atoms with E-state index in [1.165, 1.54) is 12.1 Å². The van der Waals surface area contributed by atoms with E-state index in [4.69, 9.17) is 10.7 Å². The average Bonchev–Trinajstić information content (AvgIpc) is 3.49. The van der Waals surface area contributed by atoms with Gasteiger partial charge in [0.15, 0.2) is 0 Å². The number of H-pyrrole nitrogens is 1. The molecule has 2 aromatic heterocycles. The van der Waals surface area contributed by atoms with Gasteiger partial charge in [0.25, 0.3) is 0 Å². The molecule has 4 N–H and O–H groups in total. The van der Waals surface area contributed by atoms with Crippen molar-refractivity contribution in [3.05, 3.63) is 157 Å². The molecule has 43 heavy (non-hydrogen) atoms. The minimum absolute atomic E-state index is 0.298. The van der Waals surface area contributed by atoms with E-state index in [9.17, 15) is 4.39 Å². The number of allylic oxidation sites excluding steroid dienone is 4. The van der Waals surface area contributed by atoms with Gasteiger partial charge in [-0.2, -0.15) is 0 Å². The normalized spacial score (nSPS) is 11.4. The van der Waals surface area contributed by atoms with Gasteiger partial charge in [0.2, 0.25) is 0 Å². The van der Waals surface area contributed by atoms with Gasteiger partial charge in [0, 0.05) is 40.0 Å². The van der Waals surface area contributed by atoms with Gasteiger partial charge >= 0.3 is 0 Å². The van der Waals surface area contributed by atoms with Crippen LogP contribution in [0.1, 0.15) is 43.3 Å². The van der Waals surface area contributed by atoms with Crippen LogP contribution in [-0.2, 0) is 0 Å². The Hall–Kier alpha value is -5.49. The average molecular weight is 570 g/mol. The van der Waals surface area contributed by atoms with Crippen LogP contribution in [0.15, 0.2) is 129 Å². The summed E-state index contributed by atoms with van der Waals surface area (Å²) in [5.41, 5.74) is 16.0. The molecule has 0 spiro atoms. The summed E-state index contributed by atoms with van der Waals surface area (Å²) in [4.78, 5) is 12.5. The molecule has 0 amide bonds. The number of imidazole rings is 1. The van der Waals surface area contributed by atoms with Crippen LogP contribution in [0.2, 0.25) is 0 Å². The molecule has 216 valence electrons. The Kier molecular flexibility index (Phi) is 9.86. The van der Waals surface area contributed by atoms with Crippen LogP contribution >= 0.6 is 0 Å². The number of hydrogen-bond donors (Lipinski definition) is 3. The Morgan fingerprint density at radius 1 is 0.953 bits per heavy atom. The SMILES string of the molecule is C=C/C(=C\C(=C/C)c1ccc(N)c(C(=C)c2nc3c(-c4ccc(F)cc4)cncc3[nH]2)c1)NC(=C)c1ccccc1.CC. The molecule has 0 unspecified atom stereocenters. The number of aromatic nitrogens is 3. The lowest BCUT2D eigenvalue weighted by Gasteiger charge is -2.14. The third kappa shape index (κ3) is 6.88. The van der Waals surface area contributed by atoms with Crippen molar-refractivity contribution >= 4 is 33.6 Å². The molecule has 0 aliphatic rings. The predicted octanol–water partition coefficient (Wildman–Crippen LogP) is 9.17. The van der Waals surface area contributed by atoms with E-state index < -0.39 is 0 Å². The summed E-state index contributed by atoms with van der Waals surface area (Å²) in [5, 5.41) is 3.35. The third-order valence-electron chi connectivity index (χ3n) is 6.81. The zero-order valence-electron chi connectivity index (χ0n) is 24.8. The Morgan fingerprint density at radius 3 is 2.35 bits per heavy atom. The zero-order valence-corrected chi connectivity index (χ0v) is 24.8. The van der Waals surface area contributed by atoms with Gasteiger partial charge in [-0.3, -0.25) is 4.98 Å². The number of aromatic amines is 1. The molecule has 5 nitrogen and oxygen atoms in total. The highest BCUT2D eigenvalue weighted by Gasteiger charge is 2.15. The fourth-order valence-corrected chi connectivity index (χ4v) is 4.57. The minimum atomic E-state index is -0.298. The highest BCUT2D eigenvalue weighted by atomic mass is 19.1. The number of nitrogens with one attached hydrogen (secondary N) is 2. The summed E-state index contributed by atoms with van der Waals surface area (Å²) >= 11 is 0. The second kappa shape index (κ2) is 13.9. The first-order valence-corrected chi connectivity index (χ1v) is 14.1. The van der Waals surface area contributed by atoms with E-state index >= 15 is 0 Å². The predicted molar refractivity (Wildman–Crippen MR) is 180 cm³/mol. The third-order valence-corrected chi connectivity index (χ3v) is 6.81. The van der Waals surface area contributed by atoms with Gasteiger partial charge in [-0.05, 0) is 65.6 Å². The van der Waals surface area contributed by atoms with Crippen molar-refractivity contribution in [1.29, 1.82) is 0 Å². The smallest absolute Gasteiger partial charge is 0.138 e. The molecule has 0 saturated heterocycles. The number of nitrogens with two attached hydrogens (primary N) is 1. The number of benzene rings is 3. The van der Waals surface area contributed by atoms with Crippen LogP contribution in [0.4, 0.5) is 10.1 Å². The summed E-state index contributed by atoms with van der Waals surface area (Å²) < 4.78 is 13.5. The molecule has 0 fully saturated rings. The van der Waals surface area contributed by atoms with Crippen molar-refractivity contribution in [3.8, 4) is 11.1 Å². The number of anilines is 1. The van der Waals surface area contributed by atoms with E-state index in [0.717, 1.165) is 55.8 Å². The Morgan fingerprint density at radius 2 is 1.67 bits per heavy atom. The van der Waals surface area contributed by atoms with Crippen LogP contribution in [0.3, 0.4) is 0 Å². The fourth-order valence-electron chi connectivity index (χ4n) is 4.57. The number of nitrogen functional groups attached to an aromatic ring is 1. The molecular weight excluding hydrogens is 533 g/mol. The largest absolute Gasteiger partial charge is 0.398 e. The first kappa shape index (κ1) is 30.5. The van der Waals surface area contributed by atoms with Gasteiger partial charge in [-0.1, -0.05) is 88.2 Å². The molecular formula is C37H36FN5. The number of rotatable bonds is 9. The summed E-state index contributed by atoms with van der Waals surface area (Å²) in [7, 11) is 0. The van der Waals surface area contributed by atoms with E-state index in [0.29, 0.717) is 17.1 Å². The van der Waals surface area contributed by atoms with Crippen LogP contribution in [-0.4, -0.2) is 15.0 Å². The lowest BCUT2D eigenvalue weighted by Crippen LogP contribution is -2.09. The molecule has 6 heteroatoms. The molecule has 0 radical (unpaired) electrons. The first-order valence-electron chi connectivity index (χ1n) is 14.1. The highest BCUT2D eigenvalue weighted by molar-refractivity contribution is 5.94. The van der Waals surface area contributed by atoms with Gasteiger partial charge in [0.1, 0.15) is 11.6 Å². The molecule has 2 heterocycles. The maximum absolute atomic E-state index is 13.5. The van der Waals surface area contributed by atoms with Gasteiger partial charge in [0.05, 0.1) is 17.2 Å². The molecule has 0 atom stereocenters. The molecule has 0 aliphatic carbocycles. The summed E-state index contributed by atoms with van der Waals surface area (Å²) in [6, 6.07) is 22.0. The topological polar surface area (TPSA) is 79.6 Å². The van der Waals surface area contributed by atoms with Crippen molar-refractivity contribution in [2.45, 2.75) is 20.8 Å². The first-order chi connectivity index (χ1) is 20.9. The van der Waals surface area contributed by atoms with Crippen LogP contribution in [0, 0.1) is 5.82 Å². The number of pyridine rings is 1. The molecule has 0 bridgehead atoms.